The minimum Gasteiger partial charge on any atom is -0.0949 e. The van der Waals surface area contributed by atoms with E-state index in [1.165, 1.54) is 55.7 Å². The SMILES string of the molecule is C=C(CC1=CCC=C1C1=Cc2cc(CC)c(CC)cc2C1)C1=CC2C=CC=CC2=C1. The van der Waals surface area contributed by atoms with Crippen LogP contribution in [0.15, 0.2) is 101 Å². The van der Waals surface area contributed by atoms with E-state index >= 15 is 0 Å². The Morgan fingerprint density at radius 2 is 1.87 bits per heavy atom. The highest BCUT2D eigenvalue weighted by molar-refractivity contribution is 5.73. The zero-order chi connectivity index (χ0) is 20.7. The molecule has 0 fully saturated rings. The molecule has 0 nitrogen and oxygen atoms in total. The van der Waals surface area contributed by atoms with Crippen LogP contribution in [0.1, 0.15) is 48.9 Å². The van der Waals surface area contributed by atoms with Crippen LogP contribution in [0.3, 0.4) is 0 Å². The predicted molar refractivity (Wildman–Crippen MR) is 129 cm³/mol. The molecule has 5 rings (SSSR count). The monoisotopic (exact) mass is 390 g/mol. The summed E-state index contributed by atoms with van der Waals surface area (Å²) in [5, 5.41) is 0. The molecule has 0 heteroatoms. The van der Waals surface area contributed by atoms with Crippen molar-refractivity contribution in [2.24, 2.45) is 5.92 Å². The molecule has 0 heterocycles. The Labute approximate surface area is 181 Å². The van der Waals surface area contributed by atoms with Crippen LogP contribution in [0, 0.1) is 5.92 Å². The van der Waals surface area contributed by atoms with E-state index in [-0.39, 0.29) is 0 Å². The van der Waals surface area contributed by atoms with E-state index in [0.717, 1.165) is 32.1 Å². The second-order valence-corrected chi connectivity index (χ2v) is 8.77. The first-order valence-corrected chi connectivity index (χ1v) is 11.4. The lowest BCUT2D eigenvalue weighted by Crippen LogP contribution is -1.97. The van der Waals surface area contributed by atoms with Crippen LogP contribution in [-0.4, -0.2) is 0 Å². The lowest BCUT2D eigenvalue weighted by Gasteiger charge is -2.13. The van der Waals surface area contributed by atoms with Crippen molar-refractivity contribution < 1.29 is 0 Å². The first-order valence-electron chi connectivity index (χ1n) is 11.4. The number of allylic oxidation sites excluding steroid dienone is 14. The van der Waals surface area contributed by atoms with Crippen LogP contribution in [-0.2, 0) is 19.3 Å². The standard InChI is InChI=1S/C30H30/c1-4-21-14-27-18-29(19-28(27)15-22(21)5-2)30-12-8-11-25(30)13-20(3)26-16-23-9-6-7-10-24(23)17-26/h6-7,9-12,14-18,23H,3-5,8,13,19H2,1-2H3. The molecule has 0 bridgehead atoms. The molecular formula is C30H30. The molecule has 30 heavy (non-hydrogen) atoms. The third-order valence-corrected chi connectivity index (χ3v) is 6.91. The molecule has 4 aliphatic carbocycles. The molecule has 1 atom stereocenters. The Hall–Kier alpha value is -2.86. The molecule has 1 aromatic carbocycles. The van der Waals surface area contributed by atoms with Crippen LogP contribution in [0.25, 0.3) is 6.08 Å². The molecule has 0 spiro atoms. The van der Waals surface area contributed by atoms with Gasteiger partial charge < -0.3 is 0 Å². The fourth-order valence-electron chi connectivity index (χ4n) is 5.23. The Balaban J connectivity index is 1.34. The molecule has 4 aliphatic rings. The van der Waals surface area contributed by atoms with Gasteiger partial charge in [0.1, 0.15) is 0 Å². The van der Waals surface area contributed by atoms with E-state index < -0.39 is 0 Å². The fraction of sp³-hybridized carbons (Fsp3) is 0.267. The molecule has 0 saturated heterocycles. The number of aryl methyl sites for hydroxylation is 2. The lowest BCUT2D eigenvalue weighted by molar-refractivity contribution is 1.01. The van der Waals surface area contributed by atoms with Crippen molar-refractivity contribution in [2.75, 3.05) is 0 Å². The highest BCUT2D eigenvalue weighted by Gasteiger charge is 2.23. The Bertz CT molecular complexity index is 1130. The van der Waals surface area contributed by atoms with Crippen molar-refractivity contribution >= 4 is 6.08 Å². The van der Waals surface area contributed by atoms with Gasteiger partial charge in [-0.3, -0.25) is 0 Å². The summed E-state index contributed by atoms with van der Waals surface area (Å²) in [6.07, 6.45) is 25.9. The van der Waals surface area contributed by atoms with Gasteiger partial charge in [0.05, 0.1) is 0 Å². The van der Waals surface area contributed by atoms with Crippen LogP contribution < -0.4 is 0 Å². The van der Waals surface area contributed by atoms with Gasteiger partial charge in [0.25, 0.3) is 0 Å². The average molecular weight is 391 g/mol. The van der Waals surface area contributed by atoms with Crippen LogP contribution >= 0.6 is 0 Å². The van der Waals surface area contributed by atoms with Crippen molar-refractivity contribution in [3.8, 4) is 0 Å². The quantitative estimate of drug-likeness (QED) is 0.470. The molecule has 0 aliphatic heterocycles. The minimum absolute atomic E-state index is 0.432. The molecule has 0 amide bonds. The molecule has 0 saturated carbocycles. The maximum Gasteiger partial charge on any atom is 0.0210 e. The van der Waals surface area contributed by atoms with Crippen molar-refractivity contribution in [3.05, 3.63) is 123 Å². The molecule has 0 aromatic heterocycles. The van der Waals surface area contributed by atoms with Crippen molar-refractivity contribution in [1.29, 1.82) is 0 Å². The molecule has 0 N–H and O–H groups in total. The highest BCUT2D eigenvalue weighted by atomic mass is 14.3. The van der Waals surface area contributed by atoms with E-state index in [1.54, 1.807) is 0 Å². The summed E-state index contributed by atoms with van der Waals surface area (Å²) in [4.78, 5) is 0. The van der Waals surface area contributed by atoms with Crippen LogP contribution in [0.2, 0.25) is 0 Å². The zero-order valence-corrected chi connectivity index (χ0v) is 18.2. The summed E-state index contributed by atoms with van der Waals surface area (Å²) in [5.74, 6) is 0.432. The van der Waals surface area contributed by atoms with E-state index in [2.05, 4.69) is 87.2 Å². The maximum atomic E-state index is 4.46. The molecule has 150 valence electrons. The number of fused-ring (bicyclic) bond motifs is 2. The van der Waals surface area contributed by atoms with Gasteiger partial charge in [0, 0.05) is 5.92 Å². The summed E-state index contributed by atoms with van der Waals surface area (Å²) in [5.41, 5.74) is 14.2. The fourth-order valence-corrected chi connectivity index (χ4v) is 5.23. The van der Waals surface area contributed by atoms with Gasteiger partial charge in [-0.2, -0.15) is 0 Å². The number of rotatable bonds is 6. The largest absolute Gasteiger partial charge is 0.0949 e. The third-order valence-electron chi connectivity index (χ3n) is 6.91. The Morgan fingerprint density at radius 1 is 1.03 bits per heavy atom. The Morgan fingerprint density at radius 3 is 2.67 bits per heavy atom. The smallest absolute Gasteiger partial charge is 0.0210 e. The van der Waals surface area contributed by atoms with Crippen LogP contribution in [0.5, 0.6) is 0 Å². The molecular weight excluding hydrogens is 360 g/mol. The molecule has 0 radical (unpaired) electrons. The Kier molecular flexibility index (Phi) is 4.95. The third kappa shape index (κ3) is 3.35. The summed E-state index contributed by atoms with van der Waals surface area (Å²) >= 11 is 0. The number of benzene rings is 1. The second-order valence-electron chi connectivity index (χ2n) is 8.77. The normalized spacial score (nSPS) is 21.0. The van der Waals surface area contributed by atoms with Gasteiger partial charge in [-0.15, -0.1) is 0 Å². The van der Waals surface area contributed by atoms with Gasteiger partial charge in [0.15, 0.2) is 0 Å². The number of hydrogen-bond acceptors (Lipinski definition) is 0. The highest BCUT2D eigenvalue weighted by Crippen LogP contribution is 2.40. The second kappa shape index (κ2) is 7.76. The van der Waals surface area contributed by atoms with E-state index in [1.807, 2.05) is 0 Å². The summed E-state index contributed by atoms with van der Waals surface area (Å²) < 4.78 is 0. The summed E-state index contributed by atoms with van der Waals surface area (Å²) in [6.45, 7) is 8.99. The average Bonchev–Trinajstić information content (AvgIpc) is 3.49. The lowest BCUT2D eigenvalue weighted by atomic mass is 9.92. The summed E-state index contributed by atoms with van der Waals surface area (Å²) in [6, 6.07) is 4.88. The van der Waals surface area contributed by atoms with Crippen molar-refractivity contribution in [2.45, 2.75) is 46.0 Å². The number of hydrogen-bond donors (Lipinski definition) is 0. The predicted octanol–water partition coefficient (Wildman–Crippen LogP) is 7.56. The van der Waals surface area contributed by atoms with Crippen molar-refractivity contribution in [3.63, 3.8) is 0 Å². The van der Waals surface area contributed by atoms with Crippen LogP contribution in [0.4, 0.5) is 0 Å². The van der Waals surface area contributed by atoms with E-state index in [4.69, 9.17) is 0 Å². The molecule has 1 unspecified atom stereocenters. The van der Waals surface area contributed by atoms with Gasteiger partial charge in [0.2, 0.25) is 0 Å². The topological polar surface area (TPSA) is 0 Å². The van der Waals surface area contributed by atoms with Gasteiger partial charge >= 0.3 is 0 Å². The first-order chi connectivity index (χ1) is 14.7. The minimum atomic E-state index is 0.432. The maximum absolute atomic E-state index is 4.46. The van der Waals surface area contributed by atoms with E-state index in [0.29, 0.717) is 5.92 Å². The first kappa shape index (κ1) is 19.1. The molecule has 1 aromatic rings. The van der Waals surface area contributed by atoms with Crippen molar-refractivity contribution in [1.82, 2.24) is 0 Å². The summed E-state index contributed by atoms with van der Waals surface area (Å²) in [7, 11) is 0. The zero-order valence-electron chi connectivity index (χ0n) is 18.2. The van der Waals surface area contributed by atoms with Gasteiger partial charge in [-0.05, 0) is 87.8 Å². The van der Waals surface area contributed by atoms with Gasteiger partial charge in [-0.25, -0.2) is 0 Å². The van der Waals surface area contributed by atoms with E-state index in [9.17, 15) is 0 Å². The van der Waals surface area contributed by atoms with Gasteiger partial charge in [-0.1, -0.05) is 87.2 Å².